The van der Waals surface area contributed by atoms with Crippen LogP contribution in [-0.2, 0) is 16.1 Å². The Morgan fingerprint density at radius 2 is 1.82 bits per heavy atom. The zero-order valence-corrected chi connectivity index (χ0v) is 13.7. The van der Waals surface area contributed by atoms with Crippen LogP contribution in [0.3, 0.4) is 0 Å². The molecular weight excluding hydrogens is 286 g/mol. The highest BCUT2D eigenvalue weighted by molar-refractivity contribution is 5.78. The van der Waals surface area contributed by atoms with E-state index in [0.29, 0.717) is 16.7 Å². The van der Waals surface area contributed by atoms with Crippen molar-refractivity contribution in [1.82, 2.24) is 0 Å². The Balaban J connectivity index is 2.10. The van der Waals surface area contributed by atoms with Gasteiger partial charge in [0.15, 0.2) is 0 Å². The van der Waals surface area contributed by atoms with Crippen molar-refractivity contribution in [3.8, 4) is 0 Å². The number of hydrogen-bond donors (Lipinski definition) is 0. The Kier molecular flexibility index (Phi) is 4.41. The van der Waals surface area contributed by atoms with E-state index in [4.69, 9.17) is 4.74 Å². The van der Waals surface area contributed by atoms with Crippen molar-refractivity contribution in [3.63, 3.8) is 0 Å². The Bertz CT molecular complexity index is 606. The third kappa shape index (κ3) is 2.79. The average Bonchev–Trinajstić information content (AvgIpc) is 2.98. The van der Waals surface area contributed by atoms with E-state index >= 15 is 0 Å². The summed E-state index contributed by atoms with van der Waals surface area (Å²) in [6.45, 7) is 8.98. The van der Waals surface area contributed by atoms with Gasteiger partial charge in [0.25, 0.3) is 0 Å². The number of allylic oxidation sites excluding steroid dienone is 2. The fourth-order valence-electron chi connectivity index (χ4n) is 3.04. The Morgan fingerprint density at radius 1 is 1.27 bits per heavy atom. The Morgan fingerprint density at radius 3 is 2.32 bits per heavy atom. The van der Waals surface area contributed by atoms with E-state index in [2.05, 4.69) is 0 Å². The van der Waals surface area contributed by atoms with Crippen LogP contribution in [0, 0.1) is 42.7 Å². The lowest BCUT2D eigenvalue weighted by Gasteiger charge is -2.12. The molecule has 2 nitrogen and oxygen atoms in total. The summed E-state index contributed by atoms with van der Waals surface area (Å²) in [7, 11) is 0. The molecule has 2 atom stereocenters. The number of halogens is 2. The van der Waals surface area contributed by atoms with Gasteiger partial charge < -0.3 is 4.74 Å². The first-order valence-electron chi connectivity index (χ1n) is 7.45. The zero-order chi connectivity index (χ0) is 16.7. The normalized spacial score (nSPS) is 22.9. The van der Waals surface area contributed by atoms with Crippen LogP contribution in [0.25, 0.3) is 0 Å². The van der Waals surface area contributed by atoms with Crippen LogP contribution in [0.1, 0.15) is 37.5 Å². The first-order chi connectivity index (χ1) is 10.2. The molecule has 0 N–H and O–H groups in total. The minimum Gasteiger partial charge on any atom is -0.461 e. The van der Waals surface area contributed by atoms with Crippen LogP contribution in [0.5, 0.6) is 0 Å². The first-order valence-corrected chi connectivity index (χ1v) is 7.45. The molecule has 120 valence electrons. The lowest BCUT2D eigenvalue weighted by atomic mass is 10.0. The van der Waals surface area contributed by atoms with Gasteiger partial charge in [0.1, 0.15) is 18.2 Å². The summed E-state index contributed by atoms with van der Waals surface area (Å²) in [4.78, 5) is 12.2. The van der Waals surface area contributed by atoms with E-state index < -0.39 is 11.6 Å². The average molecular weight is 308 g/mol. The molecule has 22 heavy (non-hydrogen) atoms. The van der Waals surface area contributed by atoms with E-state index in [0.717, 1.165) is 6.07 Å². The molecule has 2 rings (SSSR count). The van der Waals surface area contributed by atoms with Crippen LogP contribution in [0.4, 0.5) is 8.78 Å². The maximum atomic E-state index is 13.6. The summed E-state index contributed by atoms with van der Waals surface area (Å²) < 4.78 is 32.6. The molecule has 1 fully saturated rings. The highest BCUT2D eigenvalue weighted by atomic mass is 19.1. The maximum Gasteiger partial charge on any atom is 0.310 e. The molecule has 1 aliphatic carbocycles. The molecule has 0 unspecified atom stereocenters. The summed E-state index contributed by atoms with van der Waals surface area (Å²) in [5.74, 6) is -1.57. The summed E-state index contributed by atoms with van der Waals surface area (Å²) in [6.07, 6.45) is 3.93. The van der Waals surface area contributed by atoms with Crippen LogP contribution >= 0.6 is 0 Å². The number of rotatable bonds is 4. The van der Waals surface area contributed by atoms with Gasteiger partial charge in [-0.2, -0.15) is 0 Å². The molecule has 1 saturated carbocycles. The molecule has 0 aromatic heterocycles. The van der Waals surface area contributed by atoms with Gasteiger partial charge in [-0.1, -0.05) is 26.0 Å². The minimum atomic E-state index is -0.618. The predicted molar refractivity (Wildman–Crippen MR) is 81.2 cm³/mol. The smallest absolute Gasteiger partial charge is 0.310 e. The molecule has 0 bridgehead atoms. The third-order valence-corrected chi connectivity index (χ3v) is 4.80. The van der Waals surface area contributed by atoms with Gasteiger partial charge >= 0.3 is 5.97 Å². The monoisotopic (exact) mass is 308 g/mol. The van der Waals surface area contributed by atoms with Gasteiger partial charge in [0, 0.05) is 11.6 Å². The fourth-order valence-corrected chi connectivity index (χ4v) is 3.04. The van der Waals surface area contributed by atoms with Crippen molar-refractivity contribution >= 4 is 5.97 Å². The second-order valence-corrected chi connectivity index (χ2v) is 6.53. The number of carbonyl (C=O) groups excluding carboxylic acids is 1. The second kappa shape index (κ2) is 5.82. The number of carbonyl (C=O) groups is 1. The van der Waals surface area contributed by atoms with Crippen molar-refractivity contribution in [3.05, 3.63) is 46.5 Å². The summed E-state index contributed by atoms with van der Waals surface area (Å²) in [5, 5.41) is 0. The number of hydrogen-bond acceptors (Lipinski definition) is 2. The van der Waals surface area contributed by atoms with Crippen LogP contribution < -0.4 is 0 Å². The second-order valence-electron chi connectivity index (χ2n) is 6.53. The van der Waals surface area contributed by atoms with Gasteiger partial charge in [0.05, 0.1) is 5.92 Å². The van der Waals surface area contributed by atoms with Gasteiger partial charge in [0.2, 0.25) is 0 Å². The van der Waals surface area contributed by atoms with Crippen molar-refractivity contribution in [2.45, 2.75) is 41.2 Å². The summed E-state index contributed by atoms with van der Waals surface area (Å²) >= 11 is 0. The summed E-state index contributed by atoms with van der Waals surface area (Å²) in [5.41, 5.74) is 0.936. The molecule has 0 radical (unpaired) electrons. The van der Waals surface area contributed by atoms with Crippen LogP contribution in [-0.4, -0.2) is 5.97 Å². The number of ether oxygens (including phenoxy) is 1. The molecule has 1 aliphatic rings. The Hall–Kier alpha value is -1.71. The van der Waals surface area contributed by atoms with Crippen molar-refractivity contribution in [2.24, 2.45) is 17.3 Å². The molecule has 0 spiro atoms. The number of benzene rings is 1. The zero-order valence-electron chi connectivity index (χ0n) is 13.7. The quantitative estimate of drug-likeness (QED) is 0.606. The molecule has 1 aromatic rings. The molecule has 0 aliphatic heterocycles. The highest BCUT2D eigenvalue weighted by Crippen LogP contribution is 2.59. The highest BCUT2D eigenvalue weighted by Gasteiger charge is 2.61. The minimum absolute atomic E-state index is 0.0969. The van der Waals surface area contributed by atoms with Crippen molar-refractivity contribution in [1.29, 1.82) is 0 Å². The molecular formula is C18H22F2O2. The summed E-state index contributed by atoms with van der Waals surface area (Å²) in [6, 6.07) is 0.863. The van der Waals surface area contributed by atoms with Crippen molar-refractivity contribution in [2.75, 3.05) is 0 Å². The topological polar surface area (TPSA) is 26.3 Å². The van der Waals surface area contributed by atoms with Gasteiger partial charge in [-0.3, -0.25) is 4.79 Å². The van der Waals surface area contributed by atoms with Crippen molar-refractivity contribution < 1.29 is 18.3 Å². The first kappa shape index (κ1) is 16.7. The van der Waals surface area contributed by atoms with E-state index in [1.807, 2.05) is 32.9 Å². The van der Waals surface area contributed by atoms with Gasteiger partial charge in [-0.25, -0.2) is 8.78 Å². The van der Waals surface area contributed by atoms with E-state index in [1.54, 1.807) is 13.8 Å². The maximum absolute atomic E-state index is 13.6. The Labute approximate surface area is 130 Å². The van der Waals surface area contributed by atoms with Crippen LogP contribution in [0.2, 0.25) is 0 Å². The van der Waals surface area contributed by atoms with E-state index in [1.165, 1.54) is 0 Å². The van der Waals surface area contributed by atoms with E-state index in [9.17, 15) is 13.6 Å². The standard InChI is InChI=1S/C18H22F2O2/c1-6-7-13-16(18(13,4)5)17(21)22-9-12-10(2)14(19)8-15(20)11(12)3/h6-8,13,16H,9H2,1-5H3/b7-6-/t13-,16+/m1/s1. The van der Waals surface area contributed by atoms with Gasteiger partial charge in [-0.05, 0) is 43.2 Å². The predicted octanol–water partition coefficient (Wildman–Crippen LogP) is 4.47. The molecule has 0 saturated heterocycles. The molecule has 0 amide bonds. The van der Waals surface area contributed by atoms with E-state index in [-0.39, 0.29) is 29.8 Å². The SMILES string of the molecule is C/C=C\[C@@H]1[C@@H](C(=O)OCc2c(C)c(F)cc(F)c2C)C1(C)C. The number of esters is 1. The van der Waals surface area contributed by atoms with Crippen LogP contribution in [0.15, 0.2) is 18.2 Å². The fraction of sp³-hybridized carbons (Fsp3) is 0.500. The largest absolute Gasteiger partial charge is 0.461 e. The molecule has 4 heteroatoms. The molecule has 0 heterocycles. The third-order valence-electron chi connectivity index (χ3n) is 4.80. The molecule has 1 aromatic carbocycles. The lowest BCUT2D eigenvalue weighted by Crippen LogP contribution is -2.12. The lowest BCUT2D eigenvalue weighted by molar-refractivity contribution is -0.147. The van der Waals surface area contributed by atoms with Gasteiger partial charge in [-0.15, -0.1) is 0 Å².